The third-order valence-corrected chi connectivity index (χ3v) is 1.18. The molecule has 0 aromatic carbocycles. The normalized spacial score (nSPS) is 12.3. The standard InChI is InChI=1S/C6H9NO2S/c1-4(2)5(6(8)9)7-3-10/h4-5H,1-2H3,(H,8,9)/t5-/m0/s1. The second-order valence-electron chi connectivity index (χ2n) is 2.25. The van der Waals surface area contributed by atoms with Gasteiger partial charge in [0.1, 0.15) is 0 Å². The van der Waals surface area contributed by atoms with Gasteiger partial charge in [0, 0.05) is 0 Å². The lowest BCUT2D eigenvalue weighted by molar-refractivity contribution is -0.139. The van der Waals surface area contributed by atoms with Crippen LogP contribution in [-0.2, 0) is 4.79 Å². The van der Waals surface area contributed by atoms with E-state index in [4.69, 9.17) is 5.11 Å². The first-order valence-electron chi connectivity index (χ1n) is 2.89. The molecule has 0 aliphatic heterocycles. The van der Waals surface area contributed by atoms with Crippen LogP contribution in [0, 0.1) is 5.92 Å². The fourth-order valence-corrected chi connectivity index (χ4v) is 0.660. The monoisotopic (exact) mass is 159 g/mol. The first-order valence-corrected chi connectivity index (χ1v) is 3.30. The number of aliphatic imine (C=N–C) groups is 1. The number of rotatable bonds is 3. The van der Waals surface area contributed by atoms with Crippen molar-refractivity contribution in [1.82, 2.24) is 0 Å². The molecule has 4 heteroatoms. The van der Waals surface area contributed by atoms with Crippen molar-refractivity contribution in [2.24, 2.45) is 10.9 Å². The smallest absolute Gasteiger partial charge is 0.329 e. The molecule has 1 N–H and O–H groups in total. The van der Waals surface area contributed by atoms with Crippen molar-refractivity contribution in [2.75, 3.05) is 0 Å². The summed E-state index contributed by atoms with van der Waals surface area (Å²) >= 11 is 4.29. The van der Waals surface area contributed by atoms with Gasteiger partial charge in [-0.2, -0.15) is 0 Å². The maximum Gasteiger partial charge on any atom is 0.329 e. The fourth-order valence-electron chi connectivity index (χ4n) is 0.546. The van der Waals surface area contributed by atoms with Gasteiger partial charge in [-0.05, 0) is 18.1 Å². The lowest BCUT2D eigenvalue weighted by Gasteiger charge is -2.07. The Hall–Kier alpha value is -0.730. The van der Waals surface area contributed by atoms with E-state index in [2.05, 4.69) is 22.4 Å². The molecule has 3 nitrogen and oxygen atoms in total. The van der Waals surface area contributed by atoms with Gasteiger partial charge < -0.3 is 5.11 Å². The minimum Gasteiger partial charge on any atom is -0.480 e. The predicted octanol–water partition coefficient (Wildman–Crippen LogP) is 1.20. The average molecular weight is 159 g/mol. The highest BCUT2D eigenvalue weighted by molar-refractivity contribution is 7.78. The topological polar surface area (TPSA) is 49.7 Å². The number of nitrogens with zero attached hydrogens (tertiary/aromatic N) is 1. The number of aliphatic carboxylic acids is 1. The summed E-state index contributed by atoms with van der Waals surface area (Å²) in [6.07, 6.45) is 0. The van der Waals surface area contributed by atoms with E-state index in [-0.39, 0.29) is 5.92 Å². The van der Waals surface area contributed by atoms with E-state index in [9.17, 15) is 4.79 Å². The van der Waals surface area contributed by atoms with Crippen molar-refractivity contribution in [3.63, 3.8) is 0 Å². The summed E-state index contributed by atoms with van der Waals surface area (Å²) in [7, 11) is 0. The van der Waals surface area contributed by atoms with E-state index in [1.807, 2.05) is 0 Å². The predicted molar refractivity (Wildman–Crippen MR) is 41.3 cm³/mol. The van der Waals surface area contributed by atoms with E-state index >= 15 is 0 Å². The highest BCUT2D eigenvalue weighted by Gasteiger charge is 2.19. The zero-order valence-electron chi connectivity index (χ0n) is 5.87. The van der Waals surface area contributed by atoms with Gasteiger partial charge in [-0.3, -0.25) is 0 Å². The van der Waals surface area contributed by atoms with Gasteiger partial charge in [-0.15, -0.1) is 0 Å². The van der Waals surface area contributed by atoms with Crippen LogP contribution in [0.15, 0.2) is 4.99 Å². The molecule has 0 aliphatic carbocycles. The van der Waals surface area contributed by atoms with Gasteiger partial charge in [-0.1, -0.05) is 13.8 Å². The number of carboxylic acid groups (broad SMARTS) is 1. The second-order valence-corrected chi connectivity index (χ2v) is 2.43. The number of hydrogen-bond donors (Lipinski definition) is 1. The summed E-state index contributed by atoms with van der Waals surface area (Å²) in [5.41, 5.74) is 0. The highest BCUT2D eigenvalue weighted by Crippen LogP contribution is 2.04. The van der Waals surface area contributed by atoms with Gasteiger partial charge in [0.25, 0.3) is 0 Å². The number of hydrogen-bond acceptors (Lipinski definition) is 3. The Labute approximate surface area is 64.8 Å². The van der Waals surface area contributed by atoms with E-state index in [1.165, 1.54) is 0 Å². The van der Waals surface area contributed by atoms with E-state index in [0.29, 0.717) is 0 Å². The third kappa shape index (κ3) is 2.71. The molecule has 1 atom stereocenters. The van der Waals surface area contributed by atoms with Crippen LogP contribution in [0.5, 0.6) is 0 Å². The number of carbonyl (C=O) groups is 1. The Morgan fingerprint density at radius 3 is 2.30 bits per heavy atom. The second kappa shape index (κ2) is 4.14. The molecule has 0 fully saturated rings. The van der Waals surface area contributed by atoms with E-state index in [1.54, 1.807) is 13.8 Å². The first kappa shape index (κ1) is 9.27. The zero-order chi connectivity index (χ0) is 8.15. The zero-order valence-corrected chi connectivity index (χ0v) is 6.68. The van der Waals surface area contributed by atoms with Crippen LogP contribution in [0.2, 0.25) is 0 Å². The summed E-state index contributed by atoms with van der Waals surface area (Å²) in [6.45, 7) is 3.55. The van der Waals surface area contributed by atoms with Crippen LogP contribution >= 0.6 is 12.2 Å². The lowest BCUT2D eigenvalue weighted by Crippen LogP contribution is -2.23. The molecule has 0 aliphatic rings. The lowest BCUT2D eigenvalue weighted by atomic mass is 10.1. The molecule has 0 radical (unpaired) electrons. The van der Waals surface area contributed by atoms with Gasteiger partial charge in [-0.25, -0.2) is 9.79 Å². The summed E-state index contributed by atoms with van der Waals surface area (Å²) in [6, 6.07) is -0.738. The molecule has 0 bridgehead atoms. The van der Waals surface area contributed by atoms with Gasteiger partial charge in [0.2, 0.25) is 0 Å². The molecule has 0 rings (SSSR count). The van der Waals surface area contributed by atoms with Crippen LogP contribution in [0.25, 0.3) is 0 Å². The van der Waals surface area contributed by atoms with Gasteiger partial charge in [0.15, 0.2) is 6.04 Å². The minimum absolute atomic E-state index is 0.0343. The summed E-state index contributed by atoms with van der Waals surface area (Å²) in [5, 5.41) is 10.6. The molecule has 0 amide bonds. The minimum atomic E-state index is -0.952. The van der Waals surface area contributed by atoms with Crippen LogP contribution in [-0.4, -0.2) is 22.3 Å². The van der Waals surface area contributed by atoms with Crippen molar-refractivity contribution in [2.45, 2.75) is 19.9 Å². The SMILES string of the molecule is CC(C)[C@H](N=C=S)C(=O)O. The maximum absolute atomic E-state index is 10.4. The summed E-state index contributed by atoms with van der Waals surface area (Å²) in [4.78, 5) is 13.8. The van der Waals surface area contributed by atoms with Gasteiger partial charge in [0.05, 0.1) is 5.16 Å². The molecular formula is C6H9NO2S. The number of isothiocyanates is 1. The van der Waals surface area contributed by atoms with Crippen LogP contribution in [0.1, 0.15) is 13.8 Å². The van der Waals surface area contributed by atoms with Crippen LogP contribution in [0.3, 0.4) is 0 Å². The Balaban J connectivity index is 4.26. The van der Waals surface area contributed by atoms with Gasteiger partial charge >= 0.3 is 5.97 Å². The molecule has 0 heterocycles. The molecule has 0 aromatic rings. The Bertz CT molecular complexity index is 171. The van der Waals surface area contributed by atoms with Crippen LogP contribution in [0.4, 0.5) is 0 Å². The van der Waals surface area contributed by atoms with Crippen molar-refractivity contribution in [3.05, 3.63) is 0 Å². The third-order valence-electron chi connectivity index (χ3n) is 1.08. The highest BCUT2D eigenvalue weighted by atomic mass is 32.1. The van der Waals surface area contributed by atoms with E-state index in [0.717, 1.165) is 0 Å². The molecular weight excluding hydrogens is 150 g/mol. The van der Waals surface area contributed by atoms with Crippen molar-refractivity contribution >= 4 is 23.3 Å². The molecule has 10 heavy (non-hydrogen) atoms. The molecule has 0 aromatic heterocycles. The Morgan fingerprint density at radius 1 is 1.70 bits per heavy atom. The Morgan fingerprint density at radius 2 is 2.20 bits per heavy atom. The quantitative estimate of drug-likeness (QED) is 0.497. The Kier molecular flexibility index (Phi) is 3.84. The largest absolute Gasteiger partial charge is 0.480 e. The van der Waals surface area contributed by atoms with Crippen LogP contribution < -0.4 is 0 Å². The molecule has 0 unspecified atom stereocenters. The molecule has 0 saturated heterocycles. The molecule has 0 saturated carbocycles. The first-order chi connectivity index (χ1) is 4.59. The van der Waals surface area contributed by atoms with Crippen molar-refractivity contribution in [1.29, 1.82) is 0 Å². The average Bonchev–Trinajstić information content (AvgIpc) is 1.81. The fraction of sp³-hybridized carbons (Fsp3) is 0.667. The molecule has 56 valence electrons. The van der Waals surface area contributed by atoms with Crippen molar-refractivity contribution < 1.29 is 9.90 Å². The maximum atomic E-state index is 10.4. The summed E-state index contributed by atoms with van der Waals surface area (Å²) in [5.74, 6) is -0.986. The summed E-state index contributed by atoms with van der Waals surface area (Å²) < 4.78 is 0. The van der Waals surface area contributed by atoms with Crippen molar-refractivity contribution in [3.8, 4) is 0 Å². The number of thiocarbonyl (C=S) groups is 1. The molecule has 0 spiro atoms. The number of carboxylic acids is 1. The van der Waals surface area contributed by atoms with E-state index < -0.39 is 12.0 Å².